The van der Waals surface area contributed by atoms with E-state index in [0.29, 0.717) is 11.4 Å². The first kappa shape index (κ1) is 18.6. The summed E-state index contributed by atoms with van der Waals surface area (Å²) in [6, 6.07) is 9.39. The molecule has 0 radical (unpaired) electrons. The number of anilines is 3. The number of hydrogen-bond donors (Lipinski definition) is 3. The Hall–Kier alpha value is -3.75. The Kier molecular flexibility index (Phi) is 5.19. The van der Waals surface area contributed by atoms with Gasteiger partial charge in [-0.25, -0.2) is 14.8 Å². The predicted molar refractivity (Wildman–Crippen MR) is 111 cm³/mol. The fraction of sp³-hybridized carbons (Fsp3) is 0.250. The van der Waals surface area contributed by atoms with Crippen LogP contribution < -0.4 is 21.6 Å². The summed E-state index contributed by atoms with van der Waals surface area (Å²) >= 11 is 0. The summed E-state index contributed by atoms with van der Waals surface area (Å²) in [4.78, 5) is 41.7. The number of aromatic nitrogens is 4. The Morgan fingerprint density at radius 3 is 2.59 bits per heavy atom. The predicted octanol–water partition coefficient (Wildman–Crippen LogP) is 2.05. The summed E-state index contributed by atoms with van der Waals surface area (Å²) in [5.41, 5.74) is 7.38. The summed E-state index contributed by atoms with van der Waals surface area (Å²) in [5, 5.41) is 2.73. The van der Waals surface area contributed by atoms with Gasteiger partial charge < -0.3 is 16.0 Å². The van der Waals surface area contributed by atoms with E-state index < -0.39 is 11.6 Å². The number of benzene rings is 1. The molecule has 2 aromatic heterocycles. The molecule has 1 fully saturated rings. The van der Waals surface area contributed by atoms with Crippen molar-refractivity contribution in [3.8, 4) is 11.3 Å². The van der Waals surface area contributed by atoms with Gasteiger partial charge in [0.25, 0.3) is 5.91 Å². The van der Waals surface area contributed by atoms with Crippen molar-refractivity contribution >= 4 is 23.2 Å². The van der Waals surface area contributed by atoms with Crippen molar-refractivity contribution < 1.29 is 4.79 Å². The molecule has 9 heteroatoms. The molecule has 29 heavy (non-hydrogen) atoms. The monoisotopic (exact) mass is 391 g/mol. The number of nitrogen functional groups attached to an aromatic ring is 1. The highest BCUT2D eigenvalue weighted by molar-refractivity contribution is 6.06. The van der Waals surface area contributed by atoms with E-state index in [2.05, 4.69) is 30.2 Å². The van der Waals surface area contributed by atoms with E-state index in [1.54, 1.807) is 0 Å². The van der Waals surface area contributed by atoms with Crippen LogP contribution in [0.5, 0.6) is 0 Å². The van der Waals surface area contributed by atoms with E-state index in [4.69, 9.17) is 5.73 Å². The fourth-order valence-corrected chi connectivity index (χ4v) is 3.34. The van der Waals surface area contributed by atoms with Gasteiger partial charge in [-0.3, -0.25) is 9.78 Å². The van der Waals surface area contributed by atoms with Crippen molar-refractivity contribution in [2.75, 3.05) is 29.0 Å². The molecular weight excluding hydrogens is 370 g/mol. The van der Waals surface area contributed by atoms with E-state index in [1.165, 1.54) is 12.4 Å². The molecule has 1 aliphatic heterocycles. The lowest BCUT2D eigenvalue weighted by Gasteiger charge is -2.29. The molecule has 4 rings (SSSR count). The van der Waals surface area contributed by atoms with Crippen LogP contribution in [0.4, 0.5) is 17.3 Å². The van der Waals surface area contributed by atoms with Gasteiger partial charge in [0.05, 0.1) is 23.8 Å². The van der Waals surface area contributed by atoms with E-state index in [-0.39, 0.29) is 17.3 Å². The van der Waals surface area contributed by atoms with Gasteiger partial charge in [-0.2, -0.15) is 4.98 Å². The van der Waals surface area contributed by atoms with Gasteiger partial charge in [-0.1, -0.05) is 30.3 Å². The van der Waals surface area contributed by atoms with Gasteiger partial charge in [-0.05, 0) is 19.3 Å². The molecular formula is C20H21N7O2. The van der Waals surface area contributed by atoms with Crippen molar-refractivity contribution in [1.82, 2.24) is 19.9 Å². The molecule has 1 aromatic carbocycles. The van der Waals surface area contributed by atoms with Gasteiger partial charge in [0.1, 0.15) is 5.82 Å². The molecule has 0 atom stereocenters. The van der Waals surface area contributed by atoms with Crippen molar-refractivity contribution in [2.45, 2.75) is 19.3 Å². The largest absolute Gasteiger partial charge is 0.382 e. The third-order valence-electron chi connectivity index (χ3n) is 4.81. The average molecular weight is 391 g/mol. The van der Waals surface area contributed by atoms with Gasteiger partial charge in [-0.15, -0.1) is 0 Å². The maximum Gasteiger partial charge on any atom is 0.346 e. The summed E-state index contributed by atoms with van der Waals surface area (Å²) in [6.07, 6.45) is 6.26. The van der Waals surface area contributed by atoms with Crippen LogP contribution in [0.25, 0.3) is 11.3 Å². The highest BCUT2D eigenvalue weighted by Gasteiger charge is 2.20. The van der Waals surface area contributed by atoms with E-state index in [1.807, 2.05) is 30.3 Å². The Morgan fingerprint density at radius 2 is 1.83 bits per heavy atom. The van der Waals surface area contributed by atoms with Crippen LogP contribution in [0.1, 0.15) is 29.8 Å². The molecule has 3 aromatic rings. The van der Waals surface area contributed by atoms with Crippen LogP contribution in [-0.2, 0) is 0 Å². The third kappa shape index (κ3) is 4.08. The lowest BCUT2D eigenvalue weighted by atomic mass is 10.1. The zero-order valence-corrected chi connectivity index (χ0v) is 15.8. The minimum Gasteiger partial charge on any atom is -0.382 e. The van der Waals surface area contributed by atoms with Crippen molar-refractivity contribution in [1.29, 1.82) is 0 Å². The molecule has 148 valence electrons. The molecule has 1 amide bonds. The Balaban J connectivity index is 1.65. The van der Waals surface area contributed by atoms with Crippen LogP contribution in [0.2, 0.25) is 0 Å². The van der Waals surface area contributed by atoms with Gasteiger partial charge in [0.15, 0.2) is 11.5 Å². The summed E-state index contributed by atoms with van der Waals surface area (Å²) < 4.78 is 0. The van der Waals surface area contributed by atoms with Crippen LogP contribution in [0.15, 0.2) is 47.5 Å². The highest BCUT2D eigenvalue weighted by Crippen LogP contribution is 2.26. The van der Waals surface area contributed by atoms with Gasteiger partial charge >= 0.3 is 5.69 Å². The number of rotatable bonds is 4. The number of nitrogens with zero attached hydrogens (tertiary/aromatic N) is 4. The smallest absolute Gasteiger partial charge is 0.346 e. The second-order valence-electron chi connectivity index (χ2n) is 6.81. The highest BCUT2D eigenvalue weighted by atomic mass is 16.2. The van der Waals surface area contributed by atoms with Crippen molar-refractivity contribution in [3.63, 3.8) is 0 Å². The molecule has 3 heterocycles. The number of carbonyl (C=O) groups is 1. The summed E-state index contributed by atoms with van der Waals surface area (Å²) in [6.45, 7) is 1.67. The van der Waals surface area contributed by atoms with Gasteiger partial charge in [0, 0.05) is 18.7 Å². The Labute approximate surface area is 167 Å². The molecule has 1 aliphatic rings. The number of piperidine rings is 1. The molecule has 0 unspecified atom stereocenters. The number of H-pyrrole nitrogens is 1. The number of hydrogen-bond acceptors (Lipinski definition) is 7. The normalized spacial score (nSPS) is 13.9. The Bertz CT molecular complexity index is 1080. The van der Waals surface area contributed by atoms with Crippen LogP contribution in [-0.4, -0.2) is 38.9 Å². The first-order valence-corrected chi connectivity index (χ1v) is 9.45. The SMILES string of the molecule is Nc1ncc(-c2ccccc2)nc1C(=O)Nc1[nH]c(=O)ncc1N1CCCCC1. The molecule has 0 saturated carbocycles. The molecule has 4 N–H and O–H groups in total. The van der Waals surface area contributed by atoms with E-state index in [9.17, 15) is 9.59 Å². The summed E-state index contributed by atoms with van der Waals surface area (Å²) in [5.74, 6) is -0.255. The first-order chi connectivity index (χ1) is 14.1. The number of nitrogens with one attached hydrogen (secondary N) is 2. The lowest BCUT2D eigenvalue weighted by Crippen LogP contribution is -2.32. The third-order valence-corrected chi connectivity index (χ3v) is 4.81. The fourth-order valence-electron chi connectivity index (χ4n) is 3.34. The topological polar surface area (TPSA) is 130 Å². The van der Waals surface area contributed by atoms with Crippen molar-refractivity contribution in [3.05, 3.63) is 58.9 Å². The molecule has 0 bridgehead atoms. The minimum absolute atomic E-state index is 0.00592. The molecule has 0 spiro atoms. The average Bonchev–Trinajstić information content (AvgIpc) is 2.75. The number of aromatic amines is 1. The van der Waals surface area contributed by atoms with Crippen LogP contribution in [0.3, 0.4) is 0 Å². The number of nitrogens with two attached hydrogens (primary N) is 1. The van der Waals surface area contributed by atoms with E-state index >= 15 is 0 Å². The number of amides is 1. The molecule has 0 aliphatic carbocycles. The van der Waals surface area contributed by atoms with Gasteiger partial charge in [0.2, 0.25) is 0 Å². The molecule has 1 saturated heterocycles. The molecule has 9 nitrogen and oxygen atoms in total. The second kappa shape index (κ2) is 8.09. The number of carbonyl (C=O) groups excluding carboxylic acids is 1. The zero-order chi connectivity index (χ0) is 20.2. The van der Waals surface area contributed by atoms with Crippen LogP contribution >= 0.6 is 0 Å². The van der Waals surface area contributed by atoms with Crippen LogP contribution in [0, 0.1) is 0 Å². The maximum atomic E-state index is 12.9. The summed E-state index contributed by atoms with van der Waals surface area (Å²) in [7, 11) is 0. The maximum absolute atomic E-state index is 12.9. The Morgan fingerprint density at radius 1 is 1.07 bits per heavy atom. The first-order valence-electron chi connectivity index (χ1n) is 9.45. The lowest BCUT2D eigenvalue weighted by molar-refractivity contribution is 0.102. The second-order valence-corrected chi connectivity index (χ2v) is 6.81. The standard InChI is InChI=1S/C20H21N7O2/c21-17-16(24-14(11-22-17)13-7-3-1-4-8-13)19(28)25-18-15(12-23-20(29)26-18)27-9-5-2-6-10-27/h1,3-4,7-8,11-12H,2,5-6,9-10H2,(H2,21,22)(H2,23,25,26,28,29). The quantitative estimate of drug-likeness (QED) is 0.620. The zero-order valence-electron chi connectivity index (χ0n) is 15.8. The van der Waals surface area contributed by atoms with E-state index in [0.717, 1.165) is 37.9 Å². The minimum atomic E-state index is -0.548. The van der Waals surface area contributed by atoms with Crippen molar-refractivity contribution in [2.24, 2.45) is 0 Å².